The predicted molar refractivity (Wildman–Crippen MR) is 83.5 cm³/mol. The zero-order chi connectivity index (χ0) is 17.5. The topological polar surface area (TPSA) is 102 Å². The minimum atomic E-state index is -1.06. The normalized spacial score (nSPS) is 23.5. The molecule has 2 N–H and O–H groups in total. The van der Waals surface area contributed by atoms with Crippen molar-refractivity contribution in [3.63, 3.8) is 0 Å². The quantitative estimate of drug-likeness (QED) is 0.729. The molecule has 1 saturated heterocycles. The number of esters is 1. The zero-order valence-electron chi connectivity index (χ0n) is 13.5. The molecule has 0 radical (unpaired) electrons. The number of carbonyl (C=O) groups excluding carboxylic acids is 1. The second-order valence-electron chi connectivity index (χ2n) is 5.76. The Hall–Kier alpha value is -2.12. The molecule has 132 valence electrons. The molecule has 1 aromatic rings. The van der Waals surface area contributed by atoms with Gasteiger partial charge in [-0.05, 0) is 25.5 Å². The fraction of sp³-hybridized carbons (Fsp3) is 0.529. The number of aryl methyl sites for hydroxylation is 1. The van der Waals surface area contributed by atoms with Crippen LogP contribution in [-0.2, 0) is 19.1 Å². The van der Waals surface area contributed by atoms with Crippen LogP contribution in [0.3, 0.4) is 0 Å². The van der Waals surface area contributed by atoms with Crippen LogP contribution in [0.25, 0.3) is 0 Å². The fourth-order valence-corrected chi connectivity index (χ4v) is 2.31. The van der Waals surface area contributed by atoms with Crippen molar-refractivity contribution in [1.29, 1.82) is 0 Å². The first-order chi connectivity index (χ1) is 11.4. The van der Waals surface area contributed by atoms with Crippen molar-refractivity contribution in [3.8, 4) is 5.75 Å². The van der Waals surface area contributed by atoms with E-state index >= 15 is 0 Å². The second-order valence-corrected chi connectivity index (χ2v) is 5.76. The molecule has 24 heavy (non-hydrogen) atoms. The van der Waals surface area contributed by atoms with Crippen molar-refractivity contribution in [2.45, 2.75) is 51.1 Å². The van der Waals surface area contributed by atoms with Crippen LogP contribution in [0, 0.1) is 6.92 Å². The summed E-state index contributed by atoms with van der Waals surface area (Å²) in [4.78, 5) is 21.9. The Labute approximate surface area is 140 Å². The average Bonchev–Trinajstić information content (AvgIpc) is 2.55. The Morgan fingerprint density at radius 3 is 2.58 bits per heavy atom. The van der Waals surface area contributed by atoms with Gasteiger partial charge < -0.3 is 24.4 Å². The van der Waals surface area contributed by atoms with Crippen molar-refractivity contribution in [1.82, 2.24) is 0 Å². The highest BCUT2D eigenvalue weighted by Gasteiger charge is 2.32. The van der Waals surface area contributed by atoms with E-state index in [1.54, 1.807) is 0 Å². The minimum Gasteiger partial charge on any atom is -0.481 e. The van der Waals surface area contributed by atoms with Crippen LogP contribution in [0.1, 0.15) is 31.2 Å². The minimum absolute atomic E-state index is 0.132. The number of ether oxygens (including phenoxy) is 3. The van der Waals surface area contributed by atoms with E-state index in [9.17, 15) is 14.7 Å². The van der Waals surface area contributed by atoms with Gasteiger partial charge in [-0.1, -0.05) is 17.7 Å². The van der Waals surface area contributed by atoms with Crippen LogP contribution >= 0.6 is 0 Å². The number of aliphatic carboxylic acids is 1. The molecule has 7 nitrogen and oxygen atoms in total. The van der Waals surface area contributed by atoms with E-state index in [-0.39, 0.29) is 19.4 Å². The molecule has 0 aromatic heterocycles. The Morgan fingerprint density at radius 2 is 1.92 bits per heavy atom. The lowest BCUT2D eigenvalue weighted by atomic mass is 10.1. The SMILES string of the molecule is Cc1ccc(O[C@@H]2CC[C@H](O)[C@@H](COC(=O)CCC(=O)O)O2)cc1. The van der Waals surface area contributed by atoms with E-state index in [1.807, 2.05) is 31.2 Å². The number of aliphatic hydroxyl groups excluding tert-OH is 1. The van der Waals surface area contributed by atoms with E-state index in [1.165, 1.54) is 0 Å². The first kappa shape index (κ1) is 18.2. The van der Waals surface area contributed by atoms with Gasteiger partial charge in [0.2, 0.25) is 0 Å². The largest absolute Gasteiger partial charge is 0.481 e. The molecule has 0 bridgehead atoms. The maximum Gasteiger partial charge on any atom is 0.306 e. The summed E-state index contributed by atoms with van der Waals surface area (Å²) in [6.45, 7) is 1.85. The molecular formula is C17H22O7. The number of carboxylic acids is 1. The van der Waals surface area contributed by atoms with Crippen molar-refractivity contribution < 1.29 is 34.0 Å². The number of benzene rings is 1. The Kier molecular flexibility index (Phi) is 6.57. The Morgan fingerprint density at radius 1 is 1.21 bits per heavy atom. The molecule has 1 fully saturated rings. The number of rotatable bonds is 7. The number of hydrogen-bond acceptors (Lipinski definition) is 6. The first-order valence-corrected chi connectivity index (χ1v) is 7.88. The lowest BCUT2D eigenvalue weighted by Crippen LogP contribution is -2.44. The summed E-state index contributed by atoms with van der Waals surface area (Å²) in [5, 5.41) is 18.5. The fourth-order valence-electron chi connectivity index (χ4n) is 2.31. The summed E-state index contributed by atoms with van der Waals surface area (Å²) >= 11 is 0. The molecule has 3 atom stereocenters. The molecule has 0 amide bonds. The summed E-state index contributed by atoms with van der Waals surface area (Å²) in [5.41, 5.74) is 1.12. The van der Waals surface area contributed by atoms with Crippen LogP contribution in [0.4, 0.5) is 0 Å². The molecule has 0 unspecified atom stereocenters. The van der Waals surface area contributed by atoms with Gasteiger partial charge in [-0.2, -0.15) is 0 Å². The van der Waals surface area contributed by atoms with Gasteiger partial charge in [0.1, 0.15) is 18.5 Å². The van der Waals surface area contributed by atoms with Crippen LogP contribution in [0.15, 0.2) is 24.3 Å². The molecular weight excluding hydrogens is 316 g/mol. The third-order valence-electron chi connectivity index (χ3n) is 3.69. The number of hydrogen-bond donors (Lipinski definition) is 2. The predicted octanol–water partition coefficient (Wildman–Crippen LogP) is 1.65. The summed E-state index contributed by atoms with van der Waals surface area (Å²) in [6, 6.07) is 7.53. The maximum atomic E-state index is 11.4. The highest BCUT2D eigenvalue weighted by atomic mass is 16.7. The van der Waals surface area contributed by atoms with Gasteiger partial charge >= 0.3 is 11.9 Å². The van der Waals surface area contributed by atoms with Crippen LogP contribution < -0.4 is 4.74 Å². The standard InChI is InChI=1S/C17H22O7/c1-11-2-4-12(5-3-11)23-17-9-6-13(18)14(24-17)10-22-16(21)8-7-15(19)20/h2-5,13-14,17-18H,6-10H2,1H3,(H,19,20)/t13-,14+,17-/m0/s1. The highest BCUT2D eigenvalue weighted by Crippen LogP contribution is 2.23. The lowest BCUT2D eigenvalue weighted by Gasteiger charge is -2.33. The molecule has 0 saturated carbocycles. The van der Waals surface area contributed by atoms with Gasteiger partial charge in [0.15, 0.2) is 6.29 Å². The Balaban J connectivity index is 1.80. The smallest absolute Gasteiger partial charge is 0.306 e. The van der Waals surface area contributed by atoms with Crippen molar-refractivity contribution in [2.24, 2.45) is 0 Å². The van der Waals surface area contributed by atoms with Gasteiger partial charge in [0.05, 0.1) is 18.9 Å². The van der Waals surface area contributed by atoms with E-state index < -0.39 is 30.4 Å². The molecule has 0 spiro atoms. The second kappa shape index (κ2) is 8.65. The summed E-state index contributed by atoms with van der Waals surface area (Å²) < 4.78 is 16.3. The number of carbonyl (C=O) groups is 2. The summed E-state index contributed by atoms with van der Waals surface area (Å²) in [6.07, 6.45) is -1.48. The van der Waals surface area contributed by atoms with E-state index in [0.717, 1.165) is 5.56 Å². The molecule has 0 aliphatic carbocycles. The van der Waals surface area contributed by atoms with E-state index in [4.69, 9.17) is 19.3 Å². The number of aliphatic hydroxyl groups is 1. The summed E-state index contributed by atoms with van der Waals surface area (Å²) in [7, 11) is 0. The first-order valence-electron chi connectivity index (χ1n) is 7.88. The molecule has 7 heteroatoms. The highest BCUT2D eigenvalue weighted by molar-refractivity contribution is 5.76. The van der Waals surface area contributed by atoms with Crippen LogP contribution in [0.2, 0.25) is 0 Å². The van der Waals surface area contributed by atoms with Gasteiger partial charge in [-0.25, -0.2) is 0 Å². The van der Waals surface area contributed by atoms with Crippen LogP contribution in [-0.4, -0.2) is 47.3 Å². The monoisotopic (exact) mass is 338 g/mol. The average molecular weight is 338 g/mol. The third kappa shape index (κ3) is 5.82. The van der Waals surface area contributed by atoms with Gasteiger partial charge in [-0.3, -0.25) is 9.59 Å². The molecule has 2 rings (SSSR count). The van der Waals surface area contributed by atoms with Crippen molar-refractivity contribution in [3.05, 3.63) is 29.8 Å². The van der Waals surface area contributed by atoms with Gasteiger partial charge in [-0.15, -0.1) is 0 Å². The lowest BCUT2D eigenvalue weighted by molar-refractivity contribution is -0.203. The molecule has 1 aromatic carbocycles. The van der Waals surface area contributed by atoms with E-state index in [0.29, 0.717) is 18.6 Å². The maximum absolute atomic E-state index is 11.4. The molecule has 1 aliphatic rings. The van der Waals surface area contributed by atoms with Gasteiger partial charge in [0, 0.05) is 6.42 Å². The van der Waals surface area contributed by atoms with Crippen molar-refractivity contribution in [2.75, 3.05) is 6.61 Å². The van der Waals surface area contributed by atoms with Crippen LogP contribution in [0.5, 0.6) is 5.75 Å². The van der Waals surface area contributed by atoms with Crippen molar-refractivity contribution >= 4 is 11.9 Å². The Bertz CT molecular complexity index is 555. The summed E-state index contributed by atoms with van der Waals surface area (Å²) in [5.74, 6) is -1.03. The van der Waals surface area contributed by atoms with E-state index in [2.05, 4.69) is 0 Å². The molecule has 1 aliphatic heterocycles. The van der Waals surface area contributed by atoms with Gasteiger partial charge in [0.25, 0.3) is 0 Å². The third-order valence-corrected chi connectivity index (χ3v) is 3.69. The number of carboxylic acid groups (broad SMARTS) is 1. The molecule has 1 heterocycles. The zero-order valence-corrected chi connectivity index (χ0v) is 13.5.